The number of carbonyl (C=O) groups is 1. The molecule has 2 aromatic rings. The van der Waals surface area contributed by atoms with Crippen LogP contribution in [0.1, 0.15) is 21.8 Å². The van der Waals surface area contributed by atoms with Crippen molar-refractivity contribution in [1.29, 1.82) is 0 Å². The van der Waals surface area contributed by atoms with Gasteiger partial charge in [-0.15, -0.1) is 4.37 Å². The third kappa shape index (κ3) is 2.52. The molecule has 1 heterocycles. The molecule has 1 aromatic carbocycles. The minimum absolute atomic E-state index is 0.287. The van der Waals surface area contributed by atoms with Crippen LogP contribution in [0.3, 0.4) is 0 Å². The van der Waals surface area contributed by atoms with Gasteiger partial charge in [0.25, 0.3) is 0 Å². The predicted octanol–water partition coefficient (Wildman–Crippen LogP) is 2.08. The van der Waals surface area contributed by atoms with E-state index < -0.39 is 4.94 Å². The first kappa shape index (κ1) is 10.5. The molecule has 0 amide bonds. The van der Waals surface area contributed by atoms with E-state index in [2.05, 4.69) is 4.37 Å². The molecule has 0 aliphatic carbocycles. The summed E-state index contributed by atoms with van der Waals surface area (Å²) in [5.74, 6) is 0.287. The Bertz CT molecular complexity index is 565. The van der Waals surface area contributed by atoms with Crippen LogP contribution in [0, 0.1) is 0 Å². The topological polar surface area (TPSA) is 60.2 Å². The van der Waals surface area contributed by atoms with Crippen LogP contribution in [-0.4, -0.2) is 10.7 Å². The Balaban J connectivity index is 2.17. The van der Waals surface area contributed by atoms with E-state index in [1.807, 2.05) is 0 Å². The highest BCUT2D eigenvalue weighted by Crippen LogP contribution is 2.07. The number of hydrogen-bond donors (Lipinski definition) is 0. The molecule has 0 aliphatic rings. The number of nitrogens with zero attached hydrogens (tertiary/aromatic N) is 1. The van der Waals surface area contributed by atoms with E-state index in [1.165, 1.54) is 0 Å². The van der Waals surface area contributed by atoms with E-state index in [1.54, 1.807) is 36.4 Å². The van der Waals surface area contributed by atoms with E-state index in [-0.39, 0.29) is 5.89 Å². The van der Waals surface area contributed by atoms with Gasteiger partial charge in [0.15, 0.2) is 0 Å². The summed E-state index contributed by atoms with van der Waals surface area (Å²) in [6, 6.07) is 7.02. The van der Waals surface area contributed by atoms with Crippen molar-refractivity contribution in [2.75, 3.05) is 0 Å². The molecule has 0 bridgehead atoms. The molecule has 0 atom stereocenters. The highest BCUT2D eigenvalue weighted by atomic mass is 32.1. The summed E-state index contributed by atoms with van der Waals surface area (Å²) >= 11 is 0.776. The minimum Gasteiger partial charge on any atom is -0.395 e. The summed E-state index contributed by atoms with van der Waals surface area (Å²) in [6.45, 7) is 0. The maximum atomic E-state index is 10.7. The lowest BCUT2D eigenvalue weighted by Gasteiger charge is -1.92. The number of hydrogen-bond acceptors (Lipinski definition) is 5. The fourth-order valence-corrected chi connectivity index (χ4v) is 1.51. The summed E-state index contributed by atoms with van der Waals surface area (Å²) < 4.78 is 8.54. The second-order valence-electron chi connectivity index (χ2n) is 2.99. The van der Waals surface area contributed by atoms with Crippen molar-refractivity contribution in [2.45, 2.75) is 0 Å². The predicted molar refractivity (Wildman–Crippen MR) is 61.4 cm³/mol. The first-order chi connectivity index (χ1) is 7.78. The molecule has 1 aromatic heterocycles. The minimum atomic E-state index is -0.420. The van der Waals surface area contributed by atoms with E-state index >= 15 is 0 Å². The molecule has 4 nitrogen and oxygen atoms in total. The second-order valence-corrected chi connectivity index (χ2v) is 3.69. The second kappa shape index (κ2) is 4.67. The van der Waals surface area contributed by atoms with Crippen LogP contribution in [0.25, 0.3) is 12.2 Å². The molecule has 5 heteroatoms. The molecule has 0 fully saturated rings. The average Bonchev–Trinajstić information content (AvgIpc) is 2.73. The third-order valence-corrected chi connectivity index (χ3v) is 2.39. The van der Waals surface area contributed by atoms with Gasteiger partial charge in [0.2, 0.25) is 5.89 Å². The quantitative estimate of drug-likeness (QED) is 0.761. The van der Waals surface area contributed by atoms with Crippen molar-refractivity contribution in [3.05, 3.63) is 51.0 Å². The fourth-order valence-electron chi connectivity index (χ4n) is 1.12. The Labute approximate surface area is 95.0 Å². The summed E-state index contributed by atoms with van der Waals surface area (Å²) in [4.78, 5) is 20.7. The van der Waals surface area contributed by atoms with Crippen molar-refractivity contribution < 1.29 is 9.21 Å². The Morgan fingerprint density at radius 1 is 1.12 bits per heavy atom. The summed E-state index contributed by atoms with van der Waals surface area (Å²) in [5, 5.41) is 0. The first-order valence-corrected chi connectivity index (χ1v) is 5.25. The Kier molecular flexibility index (Phi) is 3.07. The molecule has 0 unspecified atom stereocenters. The van der Waals surface area contributed by atoms with E-state index in [0.29, 0.717) is 5.56 Å². The van der Waals surface area contributed by atoms with Gasteiger partial charge in [-0.25, -0.2) is 4.79 Å². The van der Waals surface area contributed by atoms with Crippen molar-refractivity contribution in [2.24, 2.45) is 0 Å². The normalized spacial score (nSPS) is 10.8. The Morgan fingerprint density at radius 3 is 2.38 bits per heavy atom. The van der Waals surface area contributed by atoms with Gasteiger partial charge in [0.1, 0.15) is 6.29 Å². The van der Waals surface area contributed by atoms with Crippen molar-refractivity contribution in [1.82, 2.24) is 4.37 Å². The molecule has 0 saturated carbocycles. The average molecular weight is 233 g/mol. The van der Waals surface area contributed by atoms with Crippen LogP contribution in [0.4, 0.5) is 0 Å². The van der Waals surface area contributed by atoms with Crippen LogP contribution in [0.15, 0.2) is 33.5 Å². The van der Waals surface area contributed by atoms with Crippen molar-refractivity contribution in [3.63, 3.8) is 0 Å². The third-order valence-electron chi connectivity index (χ3n) is 1.89. The first-order valence-electron chi connectivity index (χ1n) is 4.48. The zero-order valence-corrected chi connectivity index (χ0v) is 8.94. The van der Waals surface area contributed by atoms with E-state index in [0.717, 1.165) is 23.4 Å². The van der Waals surface area contributed by atoms with Gasteiger partial charge < -0.3 is 4.42 Å². The number of aromatic nitrogens is 1. The zero-order chi connectivity index (χ0) is 11.4. The molecule has 16 heavy (non-hydrogen) atoms. The highest BCUT2D eigenvalue weighted by Gasteiger charge is 1.96. The number of rotatable bonds is 3. The molecule has 0 radical (unpaired) electrons. The molecule has 80 valence electrons. The number of benzene rings is 1. The number of aldehydes is 1. The molecular weight excluding hydrogens is 226 g/mol. The van der Waals surface area contributed by atoms with Crippen LogP contribution >= 0.6 is 11.5 Å². The van der Waals surface area contributed by atoms with Crippen LogP contribution in [-0.2, 0) is 0 Å². The SMILES string of the molecule is O=Cc1ccc(/C=C/c2nsc(=O)o2)cc1. The van der Waals surface area contributed by atoms with E-state index in [9.17, 15) is 9.59 Å². The zero-order valence-electron chi connectivity index (χ0n) is 8.12. The van der Waals surface area contributed by atoms with Gasteiger partial charge in [0.05, 0.1) is 11.5 Å². The summed E-state index contributed by atoms with van der Waals surface area (Å²) in [6.07, 6.45) is 4.15. The van der Waals surface area contributed by atoms with Crippen LogP contribution in [0.2, 0.25) is 0 Å². The van der Waals surface area contributed by atoms with Crippen LogP contribution < -0.4 is 4.94 Å². The maximum Gasteiger partial charge on any atom is 0.414 e. The molecule has 2 rings (SSSR count). The Morgan fingerprint density at radius 2 is 1.81 bits per heavy atom. The molecule has 0 spiro atoms. The van der Waals surface area contributed by atoms with Crippen molar-refractivity contribution >= 4 is 30.0 Å². The standard InChI is InChI=1S/C11H7NO3S/c13-7-9-3-1-8(2-4-9)5-6-10-12-16-11(14)15-10/h1-7H/b6-5+. The van der Waals surface area contributed by atoms with Crippen molar-refractivity contribution in [3.8, 4) is 0 Å². The molecule has 0 aliphatic heterocycles. The lowest BCUT2D eigenvalue weighted by Crippen LogP contribution is -1.81. The number of carbonyl (C=O) groups excluding carboxylic acids is 1. The van der Waals surface area contributed by atoms with Gasteiger partial charge in [-0.05, 0) is 11.6 Å². The van der Waals surface area contributed by atoms with E-state index in [4.69, 9.17) is 4.42 Å². The molecular formula is C11H7NO3S. The highest BCUT2D eigenvalue weighted by molar-refractivity contribution is 7.02. The fraction of sp³-hybridized carbons (Fsp3) is 0. The largest absolute Gasteiger partial charge is 0.414 e. The van der Waals surface area contributed by atoms with Gasteiger partial charge in [-0.2, -0.15) is 0 Å². The Hall–Kier alpha value is -2.01. The molecule has 0 saturated heterocycles. The van der Waals surface area contributed by atoms with Gasteiger partial charge in [0, 0.05) is 11.6 Å². The lowest BCUT2D eigenvalue weighted by molar-refractivity contribution is 0.112. The monoisotopic (exact) mass is 233 g/mol. The summed E-state index contributed by atoms with van der Waals surface area (Å²) in [7, 11) is 0. The molecule has 0 N–H and O–H groups in total. The summed E-state index contributed by atoms with van der Waals surface area (Å²) in [5.41, 5.74) is 1.53. The lowest BCUT2D eigenvalue weighted by atomic mass is 10.1. The smallest absolute Gasteiger partial charge is 0.395 e. The van der Waals surface area contributed by atoms with Crippen LogP contribution in [0.5, 0.6) is 0 Å². The van der Waals surface area contributed by atoms with Gasteiger partial charge >= 0.3 is 4.94 Å². The van der Waals surface area contributed by atoms with Gasteiger partial charge in [-0.1, -0.05) is 24.3 Å². The van der Waals surface area contributed by atoms with Gasteiger partial charge in [-0.3, -0.25) is 4.79 Å². The maximum absolute atomic E-state index is 10.7.